The fraction of sp³-hybridized carbons (Fsp3) is 0.571. The molecule has 2 aromatic heterocycles. The van der Waals surface area contributed by atoms with Crippen LogP contribution >= 0.6 is 0 Å². The number of imidazole rings is 1. The van der Waals surface area contributed by atoms with E-state index < -0.39 is 17.7 Å². The number of benzene rings is 1. The number of fused-ring (bicyclic) bond motifs is 1. The molecule has 3 heterocycles. The van der Waals surface area contributed by atoms with Crippen molar-refractivity contribution in [3.05, 3.63) is 52.2 Å². The molecule has 4 rings (SSSR count). The van der Waals surface area contributed by atoms with Crippen LogP contribution < -0.4 is 11.1 Å². The van der Waals surface area contributed by atoms with Crippen molar-refractivity contribution in [1.82, 2.24) is 19.8 Å². The van der Waals surface area contributed by atoms with Crippen LogP contribution in [0.2, 0.25) is 0 Å². The smallest absolute Gasteiger partial charge is 0.457 e. The summed E-state index contributed by atoms with van der Waals surface area (Å²) in [6.07, 6.45) is 2.19. The van der Waals surface area contributed by atoms with Crippen molar-refractivity contribution in [2.75, 3.05) is 33.4 Å². The highest BCUT2D eigenvalue weighted by molar-refractivity contribution is 5.95. The average molecular weight is 543 g/mol. The molecule has 212 valence electrons. The number of amides is 1. The van der Waals surface area contributed by atoms with Crippen LogP contribution in [0.4, 0.5) is 0 Å². The second-order valence-electron chi connectivity index (χ2n) is 10.4. The van der Waals surface area contributed by atoms with E-state index in [2.05, 4.69) is 19.2 Å². The Kier molecular flexibility index (Phi) is 9.58. The number of nitrogens with zero attached hydrogens (tertiary/aromatic N) is 3. The van der Waals surface area contributed by atoms with Crippen molar-refractivity contribution in [1.29, 1.82) is 0 Å². The van der Waals surface area contributed by atoms with Gasteiger partial charge in [-0.15, -0.1) is 0 Å². The molecular formula is C28H38N4O7. The van der Waals surface area contributed by atoms with Crippen LogP contribution in [0.1, 0.15) is 55.2 Å². The predicted molar refractivity (Wildman–Crippen MR) is 143 cm³/mol. The maximum Gasteiger partial charge on any atom is 0.519 e. The highest BCUT2D eigenvalue weighted by Crippen LogP contribution is 2.24. The van der Waals surface area contributed by atoms with Gasteiger partial charge < -0.3 is 33.1 Å². The molecule has 1 amide bonds. The lowest BCUT2D eigenvalue weighted by atomic mass is 9.94. The number of unbranched alkanes of at least 4 members (excludes halogenated alkanes) is 1. The van der Waals surface area contributed by atoms with Gasteiger partial charge in [-0.25, -0.2) is 9.78 Å². The molecule has 1 aliphatic heterocycles. The summed E-state index contributed by atoms with van der Waals surface area (Å²) < 4.78 is 22.4. The molecule has 1 N–H and O–H groups in total. The van der Waals surface area contributed by atoms with E-state index in [1.165, 1.54) is 0 Å². The fourth-order valence-corrected chi connectivity index (χ4v) is 5.00. The molecule has 1 aliphatic rings. The number of rotatable bonds is 12. The highest BCUT2D eigenvalue weighted by atomic mass is 16.6. The van der Waals surface area contributed by atoms with Crippen molar-refractivity contribution >= 4 is 22.9 Å². The maximum absolute atomic E-state index is 14.1. The first-order valence-electron chi connectivity index (χ1n) is 13.5. The quantitative estimate of drug-likeness (QED) is 0.271. The van der Waals surface area contributed by atoms with Gasteiger partial charge in [-0.1, -0.05) is 26.0 Å². The SMILES string of the molecule is COCCCCn1c(C(=O)N(CC(C)C)[C@@H]2CNC[C@H](C(=O)OCc3oc(=O)oc3C)C2)nc2ccccc21. The summed E-state index contributed by atoms with van der Waals surface area (Å²) in [7, 11) is 1.68. The lowest BCUT2D eigenvalue weighted by molar-refractivity contribution is -0.151. The maximum atomic E-state index is 14.1. The molecule has 1 aromatic carbocycles. The van der Waals surface area contributed by atoms with E-state index in [-0.39, 0.29) is 36.0 Å². The lowest BCUT2D eigenvalue weighted by Gasteiger charge is -2.38. The number of carbonyl (C=O) groups is 2. The number of aromatic nitrogens is 2. The van der Waals surface area contributed by atoms with Crippen LogP contribution in [0.5, 0.6) is 0 Å². The highest BCUT2D eigenvalue weighted by Gasteiger charge is 2.36. The zero-order valence-electron chi connectivity index (χ0n) is 23.1. The van der Waals surface area contributed by atoms with Gasteiger partial charge in [0.25, 0.3) is 5.91 Å². The number of carbonyl (C=O) groups excluding carboxylic acids is 2. The zero-order chi connectivity index (χ0) is 27.9. The minimum atomic E-state index is -0.828. The summed E-state index contributed by atoms with van der Waals surface area (Å²) in [5.41, 5.74) is 1.70. The third-order valence-corrected chi connectivity index (χ3v) is 6.93. The van der Waals surface area contributed by atoms with E-state index in [4.69, 9.17) is 23.3 Å². The van der Waals surface area contributed by atoms with Gasteiger partial charge in [0.05, 0.1) is 17.0 Å². The van der Waals surface area contributed by atoms with Crippen molar-refractivity contribution in [3.8, 4) is 0 Å². The van der Waals surface area contributed by atoms with Crippen molar-refractivity contribution in [3.63, 3.8) is 0 Å². The summed E-state index contributed by atoms with van der Waals surface area (Å²) in [5.74, 6) is -0.761. The Morgan fingerprint density at radius 1 is 1.21 bits per heavy atom. The number of ether oxygens (including phenoxy) is 2. The van der Waals surface area contributed by atoms with Gasteiger partial charge in [0.1, 0.15) is 0 Å². The number of para-hydroxylation sites is 2. The Bertz CT molecular complexity index is 1320. The Hall–Kier alpha value is -3.44. The standard InChI is InChI=1S/C28H38N4O7/c1-18(2)16-32(21-13-20(14-29-15-21)27(34)37-17-24-19(3)38-28(35)39-24)26(33)25-30-22-9-5-6-10-23(22)31(25)11-7-8-12-36-4/h5-6,9-10,18,20-21,29H,7-8,11-17H2,1-4H3/t20-,21+/m1/s1. The van der Waals surface area contributed by atoms with Crippen molar-refractivity contribution in [2.24, 2.45) is 11.8 Å². The molecule has 0 radical (unpaired) electrons. The second-order valence-corrected chi connectivity index (χ2v) is 10.4. The summed E-state index contributed by atoms with van der Waals surface area (Å²) in [6, 6.07) is 7.56. The number of piperidine rings is 1. The summed E-state index contributed by atoms with van der Waals surface area (Å²) in [5, 5.41) is 3.30. The van der Waals surface area contributed by atoms with Gasteiger partial charge in [-0.2, -0.15) is 0 Å². The number of hydrogen-bond donors (Lipinski definition) is 1. The predicted octanol–water partition coefficient (Wildman–Crippen LogP) is 3.14. The monoisotopic (exact) mass is 542 g/mol. The fourth-order valence-electron chi connectivity index (χ4n) is 5.00. The number of methoxy groups -OCH3 is 1. The molecule has 0 saturated carbocycles. The molecule has 0 spiro atoms. The number of hydrogen-bond acceptors (Lipinski definition) is 9. The van der Waals surface area contributed by atoms with Crippen LogP contribution in [0.3, 0.4) is 0 Å². The molecule has 39 heavy (non-hydrogen) atoms. The molecule has 0 aliphatic carbocycles. The minimum absolute atomic E-state index is 0.150. The molecule has 11 nitrogen and oxygen atoms in total. The van der Waals surface area contributed by atoms with Crippen LogP contribution in [0.15, 0.2) is 37.9 Å². The molecule has 11 heteroatoms. The molecule has 1 saturated heterocycles. The lowest BCUT2D eigenvalue weighted by Crippen LogP contribution is -2.54. The van der Waals surface area contributed by atoms with Gasteiger partial charge in [0, 0.05) is 45.9 Å². The number of esters is 1. The van der Waals surface area contributed by atoms with Gasteiger partial charge in [0.15, 0.2) is 24.0 Å². The van der Waals surface area contributed by atoms with Gasteiger partial charge in [-0.3, -0.25) is 9.59 Å². The topological polar surface area (TPSA) is 129 Å². The third-order valence-electron chi connectivity index (χ3n) is 6.93. The Labute approximate surface area is 227 Å². The first-order valence-corrected chi connectivity index (χ1v) is 13.5. The Morgan fingerprint density at radius 2 is 2.00 bits per heavy atom. The Balaban J connectivity index is 1.52. The third kappa shape index (κ3) is 6.96. The van der Waals surface area contributed by atoms with Crippen LogP contribution in [0.25, 0.3) is 11.0 Å². The van der Waals surface area contributed by atoms with E-state index in [0.29, 0.717) is 45.0 Å². The first kappa shape index (κ1) is 28.6. The minimum Gasteiger partial charge on any atom is -0.457 e. The summed E-state index contributed by atoms with van der Waals surface area (Å²) in [6.45, 7) is 8.37. The number of aryl methyl sites for hydroxylation is 2. The molecule has 2 atom stereocenters. The average Bonchev–Trinajstić information content (AvgIpc) is 3.46. The van der Waals surface area contributed by atoms with Gasteiger partial charge >= 0.3 is 11.8 Å². The van der Waals surface area contributed by atoms with Gasteiger partial charge in [-0.05, 0) is 44.2 Å². The summed E-state index contributed by atoms with van der Waals surface area (Å²) in [4.78, 5) is 44.9. The van der Waals surface area contributed by atoms with E-state index in [9.17, 15) is 14.4 Å². The number of nitrogens with one attached hydrogen (secondary N) is 1. The van der Waals surface area contributed by atoms with E-state index in [1.807, 2.05) is 33.7 Å². The molecular weight excluding hydrogens is 504 g/mol. The van der Waals surface area contributed by atoms with Crippen LogP contribution in [-0.2, 0) is 27.4 Å². The molecule has 0 bridgehead atoms. The van der Waals surface area contributed by atoms with Crippen LogP contribution in [0, 0.1) is 18.8 Å². The van der Waals surface area contributed by atoms with Crippen molar-refractivity contribution in [2.45, 2.75) is 59.2 Å². The molecule has 0 unspecified atom stereocenters. The molecule has 1 fully saturated rings. The van der Waals surface area contributed by atoms with E-state index in [1.54, 1.807) is 14.0 Å². The largest absolute Gasteiger partial charge is 0.519 e. The van der Waals surface area contributed by atoms with Crippen LogP contribution in [-0.4, -0.2) is 65.7 Å². The van der Waals surface area contributed by atoms with E-state index >= 15 is 0 Å². The molecule has 3 aromatic rings. The zero-order valence-corrected chi connectivity index (χ0v) is 23.1. The van der Waals surface area contributed by atoms with Crippen molar-refractivity contribution < 1.29 is 27.9 Å². The first-order chi connectivity index (χ1) is 18.8. The normalized spacial score (nSPS) is 17.6. The summed E-state index contributed by atoms with van der Waals surface area (Å²) >= 11 is 0. The Morgan fingerprint density at radius 3 is 2.72 bits per heavy atom. The van der Waals surface area contributed by atoms with E-state index in [0.717, 1.165) is 23.9 Å². The second kappa shape index (κ2) is 13.1. The van der Waals surface area contributed by atoms with Gasteiger partial charge in [0.2, 0.25) is 0 Å².